The minimum atomic E-state index is -0.219. The van der Waals surface area contributed by atoms with Gasteiger partial charge in [-0.25, -0.2) is 0 Å². The summed E-state index contributed by atoms with van der Waals surface area (Å²) >= 11 is 0. The van der Waals surface area contributed by atoms with E-state index in [4.69, 9.17) is 4.84 Å². The van der Waals surface area contributed by atoms with Gasteiger partial charge in [-0.1, -0.05) is 12.1 Å². The van der Waals surface area contributed by atoms with Crippen LogP contribution < -0.4 is 21.4 Å². The summed E-state index contributed by atoms with van der Waals surface area (Å²) in [6.07, 6.45) is 0.142. The maximum Gasteiger partial charge on any atom is 0.226 e. The molecule has 0 heterocycles. The van der Waals surface area contributed by atoms with Crippen LogP contribution in [0, 0.1) is 0 Å². The first-order valence-electron chi connectivity index (χ1n) is 8.35. The number of carbonyl (C=O) groups is 3. The van der Waals surface area contributed by atoms with E-state index in [2.05, 4.69) is 21.4 Å². The molecule has 2 aromatic carbocycles. The lowest BCUT2D eigenvalue weighted by molar-refractivity contribution is -0.117. The van der Waals surface area contributed by atoms with Crippen LogP contribution in [0.4, 0.5) is 22.7 Å². The molecule has 0 bridgehead atoms. The zero-order valence-corrected chi connectivity index (χ0v) is 15.2. The summed E-state index contributed by atoms with van der Waals surface area (Å²) in [5.41, 5.74) is 5.23. The number of anilines is 4. The lowest BCUT2D eigenvalue weighted by atomic mass is 10.2. The van der Waals surface area contributed by atoms with Gasteiger partial charge in [-0.15, -0.1) is 0 Å². The van der Waals surface area contributed by atoms with E-state index in [-0.39, 0.29) is 30.7 Å². The molecule has 0 aliphatic rings. The Kier molecular flexibility index (Phi) is 7.33. The normalized spacial score (nSPS) is 10.0. The van der Waals surface area contributed by atoms with Gasteiger partial charge in [-0.2, -0.15) is 0 Å². The largest absolute Gasteiger partial charge is 0.326 e. The zero-order valence-electron chi connectivity index (χ0n) is 15.2. The van der Waals surface area contributed by atoms with Gasteiger partial charge in [0.25, 0.3) is 0 Å². The van der Waals surface area contributed by atoms with Gasteiger partial charge in [-0.05, 0) is 36.4 Å². The fraction of sp³-hybridized carbons (Fsp3) is 0.211. The number of carbonyl (C=O) groups excluding carboxylic acids is 3. The monoisotopic (exact) mass is 370 g/mol. The first kappa shape index (κ1) is 19.9. The van der Waals surface area contributed by atoms with Crippen LogP contribution in [0.3, 0.4) is 0 Å². The highest BCUT2D eigenvalue weighted by Gasteiger charge is 2.04. The average molecular weight is 370 g/mol. The fourth-order valence-electron chi connectivity index (χ4n) is 2.24. The number of hydrogen-bond acceptors (Lipinski definition) is 5. The quantitative estimate of drug-likeness (QED) is 0.422. The number of rotatable bonds is 8. The van der Waals surface area contributed by atoms with E-state index in [1.165, 1.54) is 13.8 Å². The van der Waals surface area contributed by atoms with Gasteiger partial charge < -0.3 is 16.0 Å². The standard InChI is InChI=1S/C19H22N4O4/c1-13(24)20-15-5-3-7-17(11-15)22-19(26)9-10-27-23-18-8-4-6-16(12-18)21-14(2)25/h3-8,11-12,23H,9-10H2,1-2H3,(H,20,24)(H,21,25)(H,22,26). The third-order valence-corrected chi connectivity index (χ3v) is 3.27. The molecule has 0 saturated heterocycles. The van der Waals surface area contributed by atoms with E-state index >= 15 is 0 Å². The fourth-order valence-corrected chi connectivity index (χ4v) is 2.24. The van der Waals surface area contributed by atoms with Crippen molar-refractivity contribution in [2.75, 3.05) is 28.0 Å². The maximum absolute atomic E-state index is 12.0. The summed E-state index contributed by atoms with van der Waals surface area (Å²) < 4.78 is 0. The molecule has 8 heteroatoms. The smallest absolute Gasteiger partial charge is 0.226 e. The van der Waals surface area contributed by atoms with Gasteiger partial charge in [-0.3, -0.25) is 24.7 Å². The van der Waals surface area contributed by atoms with Gasteiger partial charge in [0.2, 0.25) is 17.7 Å². The van der Waals surface area contributed by atoms with Crippen molar-refractivity contribution < 1.29 is 19.2 Å². The first-order chi connectivity index (χ1) is 12.9. The Morgan fingerprint density at radius 1 is 0.778 bits per heavy atom. The maximum atomic E-state index is 12.0. The van der Waals surface area contributed by atoms with Gasteiger partial charge in [0.15, 0.2) is 0 Å². The number of nitrogens with one attached hydrogen (secondary N) is 4. The molecule has 8 nitrogen and oxygen atoms in total. The van der Waals surface area contributed by atoms with Crippen LogP contribution in [0.25, 0.3) is 0 Å². The molecule has 0 unspecified atom stereocenters. The molecule has 0 aliphatic heterocycles. The highest BCUT2D eigenvalue weighted by Crippen LogP contribution is 2.16. The van der Waals surface area contributed by atoms with E-state index in [9.17, 15) is 14.4 Å². The van der Waals surface area contributed by atoms with Crippen molar-refractivity contribution in [3.8, 4) is 0 Å². The molecule has 0 fully saturated rings. The highest BCUT2D eigenvalue weighted by atomic mass is 16.6. The van der Waals surface area contributed by atoms with Crippen molar-refractivity contribution in [3.05, 3.63) is 48.5 Å². The van der Waals surface area contributed by atoms with E-state index in [0.29, 0.717) is 22.7 Å². The van der Waals surface area contributed by atoms with Gasteiger partial charge in [0, 0.05) is 30.9 Å². The van der Waals surface area contributed by atoms with Crippen LogP contribution in [0.1, 0.15) is 20.3 Å². The molecule has 0 aliphatic carbocycles. The number of amides is 3. The summed E-state index contributed by atoms with van der Waals surface area (Å²) in [4.78, 5) is 39.4. The van der Waals surface area contributed by atoms with Gasteiger partial charge in [0.1, 0.15) is 0 Å². The minimum absolute atomic E-state index is 0.142. The average Bonchev–Trinajstić information content (AvgIpc) is 2.58. The summed E-state index contributed by atoms with van der Waals surface area (Å²) in [5.74, 6) is -0.559. The molecule has 3 amide bonds. The molecule has 0 saturated carbocycles. The molecule has 2 rings (SSSR count). The molecule has 2 aromatic rings. The van der Waals surface area contributed by atoms with Crippen molar-refractivity contribution in [1.82, 2.24) is 0 Å². The Hall–Kier alpha value is -3.39. The lowest BCUT2D eigenvalue weighted by Gasteiger charge is -2.10. The molecule has 0 spiro atoms. The van der Waals surface area contributed by atoms with Crippen molar-refractivity contribution in [3.63, 3.8) is 0 Å². The second kappa shape index (κ2) is 9.93. The van der Waals surface area contributed by atoms with Crippen LogP contribution in [0.5, 0.6) is 0 Å². The molecular weight excluding hydrogens is 348 g/mol. The molecule has 0 atom stereocenters. The van der Waals surface area contributed by atoms with Crippen LogP contribution in [0.15, 0.2) is 48.5 Å². The molecule has 0 radical (unpaired) electrons. The number of benzene rings is 2. The number of hydrogen-bond donors (Lipinski definition) is 4. The zero-order chi connectivity index (χ0) is 19.6. The summed E-state index contributed by atoms with van der Waals surface area (Å²) in [7, 11) is 0. The van der Waals surface area contributed by atoms with Gasteiger partial charge >= 0.3 is 0 Å². The first-order valence-corrected chi connectivity index (χ1v) is 8.35. The Bertz CT molecular complexity index is 823. The lowest BCUT2D eigenvalue weighted by Crippen LogP contribution is -2.16. The van der Waals surface area contributed by atoms with E-state index in [0.717, 1.165) is 0 Å². The molecule has 27 heavy (non-hydrogen) atoms. The molecule has 4 N–H and O–H groups in total. The molecule has 0 aromatic heterocycles. The molecule has 142 valence electrons. The predicted molar refractivity (Wildman–Crippen MR) is 104 cm³/mol. The van der Waals surface area contributed by atoms with Crippen molar-refractivity contribution >= 4 is 40.5 Å². The highest BCUT2D eigenvalue weighted by molar-refractivity contribution is 5.93. The Morgan fingerprint density at radius 3 is 1.81 bits per heavy atom. The van der Waals surface area contributed by atoms with E-state index in [1.54, 1.807) is 48.5 Å². The Balaban J connectivity index is 1.75. The second-order valence-electron chi connectivity index (χ2n) is 5.77. The summed E-state index contributed by atoms with van der Waals surface area (Å²) in [6, 6.07) is 13.9. The van der Waals surface area contributed by atoms with Crippen LogP contribution in [-0.2, 0) is 19.2 Å². The van der Waals surface area contributed by atoms with Crippen LogP contribution >= 0.6 is 0 Å². The van der Waals surface area contributed by atoms with Crippen LogP contribution in [0.2, 0.25) is 0 Å². The minimum Gasteiger partial charge on any atom is -0.326 e. The SMILES string of the molecule is CC(=O)Nc1cccc(NOCCC(=O)Nc2cccc(NC(C)=O)c2)c1. The third kappa shape index (κ3) is 7.57. The van der Waals surface area contributed by atoms with Crippen LogP contribution in [-0.4, -0.2) is 24.3 Å². The topological polar surface area (TPSA) is 109 Å². The Morgan fingerprint density at radius 2 is 1.26 bits per heavy atom. The second-order valence-corrected chi connectivity index (χ2v) is 5.77. The van der Waals surface area contributed by atoms with Gasteiger partial charge in [0.05, 0.1) is 18.7 Å². The van der Waals surface area contributed by atoms with E-state index in [1.807, 2.05) is 0 Å². The predicted octanol–water partition coefficient (Wildman–Crippen LogP) is 2.98. The van der Waals surface area contributed by atoms with Crippen molar-refractivity contribution in [2.45, 2.75) is 20.3 Å². The third-order valence-electron chi connectivity index (χ3n) is 3.27. The van der Waals surface area contributed by atoms with Crippen molar-refractivity contribution in [2.24, 2.45) is 0 Å². The molecular formula is C19H22N4O4. The summed E-state index contributed by atoms with van der Waals surface area (Å²) in [6.45, 7) is 3.00. The van der Waals surface area contributed by atoms with E-state index < -0.39 is 0 Å². The Labute approximate surface area is 157 Å². The summed E-state index contributed by atoms with van der Waals surface area (Å²) in [5, 5.41) is 8.07. The van der Waals surface area contributed by atoms with Crippen molar-refractivity contribution in [1.29, 1.82) is 0 Å².